The summed E-state index contributed by atoms with van der Waals surface area (Å²) >= 11 is 0. The summed E-state index contributed by atoms with van der Waals surface area (Å²) in [4.78, 5) is 12.8. The monoisotopic (exact) mass is 314 g/mol. The van der Waals surface area contributed by atoms with Crippen LogP contribution in [-0.2, 0) is 4.74 Å². The van der Waals surface area contributed by atoms with Crippen molar-refractivity contribution in [1.82, 2.24) is 0 Å². The number of benzene rings is 3. The SMILES string of the molecule is O=C(OC1=C2CCC(C2)C1)c1cccc2cc3ccccc3cc12. The summed E-state index contributed by atoms with van der Waals surface area (Å²) in [7, 11) is 0. The molecule has 0 aliphatic heterocycles. The van der Waals surface area contributed by atoms with Crippen LogP contribution in [0.15, 0.2) is 65.9 Å². The first-order valence-electron chi connectivity index (χ1n) is 8.62. The fraction of sp³-hybridized carbons (Fsp3) is 0.227. The van der Waals surface area contributed by atoms with E-state index in [4.69, 9.17) is 4.74 Å². The minimum absolute atomic E-state index is 0.217. The van der Waals surface area contributed by atoms with Gasteiger partial charge in [0.1, 0.15) is 5.76 Å². The second kappa shape index (κ2) is 5.20. The van der Waals surface area contributed by atoms with Crippen LogP contribution in [0.25, 0.3) is 21.5 Å². The molecule has 24 heavy (non-hydrogen) atoms. The van der Waals surface area contributed by atoms with Crippen molar-refractivity contribution >= 4 is 27.5 Å². The number of hydrogen-bond acceptors (Lipinski definition) is 2. The van der Waals surface area contributed by atoms with Gasteiger partial charge in [-0.15, -0.1) is 0 Å². The van der Waals surface area contributed by atoms with Gasteiger partial charge in [-0.25, -0.2) is 4.79 Å². The normalized spacial score (nSPS) is 19.4. The van der Waals surface area contributed by atoms with E-state index in [0.29, 0.717) is 11.5 Å². The molecule has 0 saturated heterocycles. The zero-order valence-electron chi connectivity index (χ0n) is 13.4. The van der Waals surface area contributed by atoms with Crippen molar-refractivity contribution in [2.24, 2.45) is 5.92 Å². The molecule has 3 aromatic rings. The topological polar surface area (TPSA) is 26.3 Å². The summed E-state index contributed by atoms with van der Waals surface area (Å²) in [6.07, 6.45) is 4.43. The molecule has 0 aromatic heterocycles. The number of ether oxygens (including phenoxy) is 1. The number of allylic oxidation sites excluding steroid dienone is 2. The van der Waals surface area contributed by atoms with Crippen LogP contribution < -0.4 is 0 Å². The molecule has 2 aliphatic carbocycles. The molecule has 0 amide bonds. The molecule has 0 radical (unpaired) electrons. The number of esters is 1. The maximum absolute atomic E-state index is 12.8. The van der Waals surface area contributed by atoms with Crippen molar-refractivity contribution < 1.29 is 9.53 Å². The Hall–Kier alpha value is -2.61. The zero-order valence-corrected chi connectivity index (χ0v) is 13.4. The average molecular weight is 314 g/mol. The number of hydrogen-bond donors (Lipinski definition) is 0. The number of carbonyl (C=O) groups excluding carboxylic acids is 1. The molecule has 2 nitrogen and oxygen atoms in total. The van der Waals surface area contributed by atoms with Gasteiger partial charge in [0.25, 0.3) is 0 Å². The highest BCUT2D eigenvalue weighted by molar-refractivity contribution is 6.09. The van der Waals surface area contributed by atoms with Gasteiger partial charge in [0.05, 0.1) is 5.56 Å². The van der Waals surface area contributed by atoms with Crippen LogP contribution in [0.1, 0.15) is 36.0 Å². The van der Waals surface area contributed by atoms with E-state index in [0.717, 1.165) is 41.2 Å². The number of rotatable bonds is 2. The summed E-state index contributed by atoms with van der Waals surface area (Å²) in [5, 5.41) is 4.38. The molecule has 5 rings (SSSR count). The zero-order chi connectivity index (χ0) is 16.1. The Kier molecular flexibility index (Phi) is 2.99. The van der Waals surface area contributed by atoms with Crippen LogP contribution in [0.2, 0.25) is 0 Å². The summed E-state index contributed by atoms with van der Waals surface area (Å²) in [6, 6.07) is 18.3. The first kappa shape index (κ1) is 13.8. The van der Waals surface area contributed by atoms with Gasteiger partial charge < -0.3 is 4.74 Å². The molecule has 0 heterocycles. The fourth-order valence-electron chi connectivity index (χ4n) is 4.19. The van der Waals surface area contributed by atoms with Crippen LogP contribution in [0.5, 0.6) is 0 Å². The second-order valence-electron chi connectivity index (χ2n) is 6.96. The Bertz CT molecular complexity index is 1010. The average Bonchev–Trinajstić information content (AvgIpc) is 3.22. The smallest absolute Gasteiger partial charge is 0.343 e. The van der Waals surface area contributed by atoms with Gasteiger partial charge in [-0.3, -0.25) is 0 Å². The molecule has 1 unspecified atom stereocenters. The maximum Gasteiger partial charge on any atom is 0.343 e. The molecule has 1 atom stereocenters. The fourth-order valence-corrected chi connectivity index (χ4v) is 4.19. The third-order valence-electron chi connectivity index (χ3n) is 5.44. The van der Waals surface area contributed by atoms with E-state index in [1.165, 1.54) is 17.4 Å². The summed E-state index contributed by atoms with van der Waals surface area (Å²) < 4.78 is 5.79. The summed E-state index contributed by atoms with van der Waals surface area (Å²) in [6.45, 7) is 0. The predicted molar refractivity (Wildman–Crippen MR) is 95.9 cm³/mol. The quantitative estimate of drug-likeness (QED) is 0.454. The third kappa shape index (κ3) is 2.14. The molecule has 2 bridgehead atoms. The highest BCUT2D eigenvalue weighted by Gasteiger charge is 2.32. The summed E-state index contributed by atoms with van der Waals surface area (Å²) in [5.74, 6) is 1.43. The molecule has 0 spiro atoms. The van der Waals surface area contributed by atoms with E-state index in [-0.39, 0.29) is 5.97 Å². The van der Waals surface area contributed by atoms with Crippen LogP contribution in [-0.4, -0.2) is 5.97 Å². The van der Waals surface area contributed by atoms with Gasteiger partial charge in [0, 0.05) is 6.42 Å². The molecule has 1 saturated carbocycles. The molecular weight excluding hydrogens is 296 g/mol. The van der Waals surface area contributed by atoms with Crippen molar-refractivity contribution in [1.29, 1.82) is 0 Å². The van der Waals surface area contributed by atoms with Crippen molar-refractivity contribution in [3.05, 3.63) is 71.5 Å². The molecule has 2 heteroatoms. The highest BCUT2D eigenvalue weighted by atomic mass is 16.5. The van der Waals surface area contributed by atoms with Gasteiger partial charge in [0.15, 0.2) is 0 Å². The van der Waals surface area contributed by atoms with E-state index in [2.05, 4.69) is 30.3 Å². The largest absolute Gasteiger partial charge is 0.428 e. The molecule has 3 aromatic carbocycles. The molecule has 2 aliphatic rings. The Morgan fingerprint density at radius 2 is 1.71 bits per heavy atom. The van der Waals surface area contributed by atoms with Crippen molar-refractivity contribution in [3.8, 4) is 0 Å². The minimum atomic E-state index is -0.217. The van der Waals surface area contributed by atoms with Crippen molar-refractivity contribution in [2.75, 3.05) is 0 Å². The Balaban J connectivity index is 1.58. The van der Waals surface area contributed by atoms with Crippen LogP contribution in [0.3, 0.4) is 0 Å². The number of fused-ring (bicyclic) bond motifs is 4. The Morgan fingerprint density at radius 1 is 0.917 bits per heavy atom. The van der Waals surface area contributed by atoms with Crippen LogP contribution >= 0.6 is 0 Å². The van der Waals surface area contributed by atoms with Gasteiger partial charge in [-0.2, -0.15) is 0 Å². The highest BCUT2D eigenvalue weighted by Crippen LogP contribution is 2.44. The lowest BCUT2D eigenvalue weighted by Crippen LogP contribution is -2.08. The van der Waals surface area contributed by atoms with E-state index < -0.39 is 0 Å². The molecule has 1 fully saturated rings. The first-order chi connectivity index (χ1) is 11.8. The maximum atomic E-state index is 12.8. The van der Waals surface area contributed by atoms with E-state index in [1.54, 1.807) is 0 Å². The Morgan fingerprint density at radius 3 is 2.46 bits per heavy atom. The molecular formula is C22H18O2. The third-order valence-corrected chi connectivity index (χ3v) is 5.44. The standard InChI is InChI=1S/C22H18O2/c23-22(24-21-11-14-8-9-18(21)10-14)19-7-3-6-17-12-15-4-1-2-5-16(15)13-20(17)19/h1-7,12-14H,8-11H2. The van der Waals surface area contributed by atoms with E-state index >= 15 is 0 Å². The molecule has 118 valence electrons. The second-order valence-corrected chi connectivity index (χ2v) is 6.96. The van der Waals surface area contributed by atoms with Gasteiger partial charge in [-0.1, -0.05) is 36.4 Å². The number of carbonyl (C=O) groups is 1. The van der Waals surface area contributed by atoms with Crippen LogP contribution in [0, 0.1) is 5.92 Å². The lowest BCUT2D eigenvalue weighted by molar-refractivity contribution is 0.0609. The van der Waals surface area contributed by atoms with Crippen molar-refractivity contribution in [2.45, 2.75) is 25.7 Å². The van der Waals surface area contributed by atoms with Gasteiger partial charge >= 0.3 is 5.97 Å². The van der Waals surface area contributed by atoms with Gasteiger partial charge in [-0.05, 0) is 70.5 Å². The lowest BCUT2D eigenvalue weighted by atomic mass is 9.99. The molecule has 0 N–H and O–H groups in total. The predicted octanol–water partition coefficient (Wildman–Crippen LogP) is 5.61. The van der Waals surface area contributed by atoms with Crippen LogP contribution in [0.4, 0.5) is 0 Å². The van der Waals surface area contributed by atoms with E-state index in [9.17, 15) is 4.79 Å². The Labute approximate surface area is 140 Å². The van der Waals surface area contributed by atoms with Crippen molar-refractivity contribution in [3.63, 3.8) is 0 Å². The first-order valence-corrected chi connectivity index (χ1v) is 8.62. The lowest BCUT2D eigenvalue weighted by Gasteiger charge is -2.13. The van der Waals surface area contributed by atoms with E-state index in [1.807, 2.05) is 24.3 Å². The van der Waals surface area contributed by atoms with Gasteiger partial charge in [0.2, 0.25) is 0 Å². The minimum Gasteiger partial charge on any atom is -0.428 e. The summed E-state index contributed by atoms with van der Waals surface area (Å²) in [5.41, 5.74) is 2.02.